The van der Waals surface area contributed by atoms with E-state index in [1.165, 1.54) is 167 Å². The Morgan fingerprint density at radius 2 is 0.725 bits per heavy atom. The van der Waals surface area contributed by atoms with E-state index in [0.29, 0.717) is 70.8 Å². The molecule has 2 saturated heterocycles. The molecule has 0 aromatic carbocycles. The average molecular weight is 1570 g/mol. The van der Waals surface area contributed by atoms with E-state index in [-0.39, 0.29) is 44.2 Å². The first-order chi connectivity index (χ1) is 53.0. The highest BCUT2D eigenvalue weighted by molar-refractivity contribution is 7.46. The van der Waals surface area contributed by atoms with Gasteiger partial charge in [0.05, 0.1) is 38.5 Å². The Morgan fingerprint density at radius 3 is 1.06 bits per heavy atom. The summed E-state index contributed by atoms with van der Waals surface area (Å²) in [5.74, 6) is -2.91. The van der Waals surface area contributed by atoms with Gasteiger partial charge in [-0.3, -0.25) is 33.3 Å². The normalized spacial score (nSPS) is 18.2. The lowest BCUT2D eigenvalue weighted by molar-refractivity contribution is -0.273. The zero-order chi connectivity index (χ0) is 79.5. The molecule has 640 valence electrons. The van der Waals surface area contributed by atoms with Gasteiger partial charge in [-0.2, -0.15) is 0 Å². The van der Waals surface area contributed by atoms with Crippen LogP contribution in [0.5, 0.6) is 0 Å². The van der Waals surface area contributed by atoms with Gasteiger partial charge in [-0.15, -0.1) is 0 Å². The minimum Gasteiger partial charge on any atom is -0.462 e. The molecule has 109 heavy (non-hydrogen) atoms. The van der Waals surface area contributed by atoms with Crippen molar-refractivity contribution < 1.29 is 81.2 Å². The molecule has 2 aliphatic heterocycles. The van der Waals surface area contributed by atoms with Gasteiger partial charge in [-0.25, -0.2) is 4.57 Å². The number of nitrogens with one attached hydrogen (secondary N) is 1. The van der Waals surface area contributed by atoms with Crippen LogP contribution in [0.2, 0.25) is 0 Å². The van der Waals surface area contributed by atoms with Crippen LogP contribution in [-0.2, 0) is 66.3 Å². The van der Waals surface area contributed by atoms with Crippen molar-refractivity contribution in [3.8, 4) is 0 Å². The molecule has 2 aliphatic rings. The molecule has 0 aromatic heterocycles. The van der Waals surface area contributed by atoms with Crippen molar-refractivity contribution in [2.24, 2.45) is 0 Å². The fourth-order valence-electron chi connectivity index (χ4n) is 15.6. The van der Waals surface area contributed by atoms with Crippen molar-refractivity contribution in [1.29, 1.82) is 0 Å². The Hall–Kier alpha value is -3.19. The minimum absolute atomic E-state index is 0.0136. The van der Waals surface area contributed by atoms with Gasteiger partial charge in [0.1, 0.15) is 36.6 Å². The Balaban J connectivity index is 2.62. The van der Waals surface area contributed by atoms with Crippen LogP contribution in [0, 0.1) is 0 Å². The second-order valence-electron chi connectivity index (χ2n) is 32.6. The minimum atomic E-state index is -5.48. The van der Waals surface area contributed by atoms with E-state index < -0.39 is 99.7 Å². The van der Waals surface area contributed by atoms with Crippen molar-refractivity contribution in [3.05, 3.63) is 0 Å². The number of esters is 4. The number of amides is 2. The molecule has 0 spiro atoms. The Kier molecular flexibility index (Phi) is 65.7. The highest BCUT2D eigenvalue weighted by atomic mass is 31.2. The van der Waals surface area contributed by atoms with Gasteiger partial charge in [0.2, 0.25) is 11.8 Å². The van der Waals surface area contributed by atoms with Crippen LogP contribution < -0.4 is 5.32 Å². The molecule has 2 amide bonds. The zero-order valence-corrected chi connectivity index (χ0v) is 71.6. The van der Waals surface area contributed by atoms with Crippen molar-refractivity contribution in [3.63, 3.8) is 0 Å². The quantitative estimate of drug-likeness (QED) is 0.0191. The number of phosphoric acid groups is 1. The lowest BCUT2D eigenvalue weighted by Crippen LogP contribution is -2.66. The molecule has 19 nitrogen and oxygen atoms in total. The van der Waals surface area contributed by atoms with E-state index in [9.17, 15) is 43.4 Å². The summed E-state index contributed by atoms with van der Waals surface area (Å²) in [5.41, 5.74) is 0. The highest BCUT2D eigenvalue weighted by Gasteiger charge is 2.53. The predicted octanol–water partition coefficient (Wildman–Crippen LogP) is 23.0. The molecule has 0 radical (unpaired) electrons. The van der Waals surface area contributed by atoms with E-state index >= 15 is 4.79 Å². The molecule has 2 heterocycles. The van der Waals surface area contributed by atoms with Crippen LogP contribution in [0.15, 0.2) is 0 Å². The Bertz CT molecular complexity index is 2260. The molecular weight excluding hydrogens is 1400 g/mol. The number of nitrogens with zero attached hydrogens (tertiary/aromatic N) is 1. The maximum Gasteiger partial charge on any atom is 0.470 e. The Morgan fingerprint density at radius 1 is 0.413 bits per heavy atom. The third-order valence-electron chi connectivity index (χ3n) is 22.3. The summed E-state index contributed by atoms with van der Waals surface area (Å²) in [4.78, 5) is 109. The molecule has 0 bridgehead atoms. The number of unbranched alkanes of at least 4 members (excludes halogenated alkanes) is 48. The second kappa shape index (κ2) is 70.2. The van der Waals surface area contributed by atoms with Crippen LogP contribution >= 0.6 is 7.82 Å². The van der Waals surface area contributed by atoms with Crippen LogP contribution in [0.3, 0.4) is 0 Å². The van der Waals surface area contributed by atoms with Gasteiger partial charge < -0.3 is 53.5 Å². The van der Waals surface area contributed by atoms with Gasteiger partial charge in [0.25, 0.3) is 0 Å². The van der Waals surface area contributed by atoms with Crippen LogP contribution in [-0.4, -0.2) is 130 Å². The number of ether oxygens (including phenoxy) is 6. The monoisotopic (exact) mass is 1570 g/mol. The number of aliphatic hydroxyl groups is 1. The maximum atomic E-state index is 15.0. The third kappa shape index (κ3) is 55.9. The number of carbonyl (C=O) groups excluding carboxylic acids is 6. The SMILES string of the molecule is CCCCCCCCCCCC(=O)O[C@H](CCCCCCCCCCC)CC(=O)N[C@H]1C(OC(=O)C[C@@H](CCCCCCCCCCC)OC(=O)CCCCCCCCCCC)[C@H](OP(=O)(O)O)C(CO)O[C@H]1OC[C@@H]1CCCN1C(=O)C[C@@H](CCCCCCCCCCC)OC(=O)CCCCCCCCCCC. The zero-order valence-electron chi connectivity index (χ0n) is 70.7. The summed E-state index contributed by atoms with van der Waals surface area (Å²) >= 11 is 0. The van der Waals surface area contributed by atoms with Crippen molar-refractivity contribution in [2.75, 3.05) is 19.8 Å². The summed E-state index contributed by atoms with van der Waals surface area (Å²) < 4.78 is 56.5. The molecule has 9 atom stereocenters. The first-order valence-electron chi connectivity index (χ1n) is 46.0. The standard InChI is InChI=1S/C89H167N2O17P/c1-7-13-19-25-31-37-43-49-55-63-76(103-82(95)66-58-52-46-40-34-28-22-16-10-4)70-80(93)90-86-88(107-85(98)72-78(65-57-51-45-39-33-27-21-15-9-3)105-84(97)68-60-54-48-42-36-30-24-18-12-6)87(108-109(99,100)101)79(73-92)106-89(86)102-74-75-62-61-69-91(75)81(94)71-77(64-56-50-44-38-32-26-20-14-8-2)104-83(96)67-59-53-47-41-35-29-23-17-11-5/h75-79,86-89,92H,7-74H2,1-6H3,(H,90,93)(H2,99,100,101)/t75-,76+,77+,78+,79?,86-,87+,88?,89+/m0/s1. The third-order valence-corrected chi connectivity index (χ3v) is 22.8. The number of aliphatic hydroxyl groups excluding tert-OH is 1. The number of hydrogen-bond acceptors (Lipinski definition) is 15. The molecule has 0 saturated carbocycles. The number of likely N-dealkylation sites (tertiary alicyclic amines) is 1. The molecule has 2 fully saturated rings. The largest absolute Gasteiger partial charge is 0.470 e. The Labute approximate surface area is 665 Å². The molecule has 0 aliphatic carbocycles. The number of rotatable bonds is 77. The number of phosphoric ester groups is 1. The predicted molar refractivity (Wildman–Crippen MR) is 440 cm³/mol. The maximum absolute atomic E-state index is 15.0. The lowest BCUT2D eigenvalue weighted by atomic mass is 9.95. The van der Waals surface area contributed by atoms with Crippen LogP contribution in [0.25, 0.3) is 0 Å². The average Bonchev–Trinajstić information content (AvgIpc) is 1.11. The molecule has 2 rings (SSSR count). The van der Waals surface area contributed by atoms with E-state index in [2.05, 4.69) is 46.9 Å². The van der Waals surface area contributed by atoms with Gasteiger partial charge in [0, 0.05) is 25.8 Å². The summed E-state index contributed by atoms with van der Waals surface area (Å²) in [7, 11) is -5.48. The summed E-state index contributed by atoms with van der Waals surface area (Å²) in [6.07, 6.45) is 51.6. The molecule has 20 heteroatoms. The molecule has 2 unspecified atom stereocenters. The topological polar surface area (TPSA) is 260 Å². The van der Waals surface area contributed by atoms with E-state index in [4.69, 9.17) is 32.9 Å². The number of hydrogen-bond donors (Lipinski definition) is 4. The van der Waals surface area contributed by atoms with Gasteiger partial charge >= 0.3 is 31.7 Å². The fraction of sp³-hybridized carbons (Fsp3) is 0.933. The smallest absolute Gasteiger partial charge is 0.462 e. The van der Waals surface area contributed by atoms with Crippen molar-refractivity contribution in [2.45, 2.75) is 514 Å². The summed E-state index contributed by atoms with van der Waals surface area (Å²) in [6.45, 7) is 12.6. The van der Waals surface area contributed by atoms with E-state index in [1.54, 1.807) is 4.90 Å². The van der Waals surface area contributed by atoms with E-state index in [0.717, 1.165) is 154 Å². The first kappa shape index (κ1) is 102. The van der Waals surface area contributed by atoms with Gasteiger partial charge in [-0.1, -0.05) is 350 Å². The number of carbonyl (C=O) groups is 6. The van der Waals surface area contributed by atoms with E-state index in [1.807, 2.05) is 0 Å². The second-order valence-corrected chi connectivity index (χ2v) is 33.8. The van der Waals surface area contributed by atoms with Crippen LogP contribution in [0.4, 0.5) is 0 Å². The molecular formula is C89H167N2O17P. The van der Waals surface area contributed by atoms with Gasteiger partial charge in [0.15, 0.2) is 12.4 Å². The molecule has 4 N–H and O–H groups in total. The lowest BCUT2D eigenvalue weighted by Gasteiger charge is -2.45. The van der Waals surface area contributed by atoms with Crippen molar-refractivity contribution in [1.82, 2.24) is 10.2 Å². The highest BCUT2D eigenvalue weighted by Crippen LogP contribution is 2.43. The molecule has 0 aromatic rings. The first-order valence-corrected chi connectivity index (χ1v) is 47.5. The van der Waals surface area contributed by atoms with Crippen molar-refractivity contribution >= 4 is 43.5 Å². The summed E-state index contributed by atoms with van der Waals surface area (Å²) in [5, 5.41) is 14.1. The van der Waals surface area contributed by atoms with Gasteiger partial charge in [-0.05, 0) is 70.6 Å². The fourth-order valence-corrected chi connectivity index (χ4v) is 16.2. The summed E-state index contributed by atoms with van der Waals surface area (Å²) in [6, 6.07) is -2.10. The van der Waals surface area contributed by atoms with Crippen LogP contribution in [0.1, 0.15) is 459 Å².